The molecule has 7 nitrogen and oxygen atoms in total. The number of anilines is 1. The third-order valence-corrected chi connectivity index (χ3v) is 7.53. The average molecular weight is 402 g/mol. The SMILES string of the molecule is CNc1nc([C@@H]2CCCCN2S(=O)(=O)c2ccccc2)nc2c1CN(C)CC2. The molecule has 1 atom stereocenters. The van der Waals surface area contributed by atoms with Crippen LogP contribution in [0.15, 0.2) is 35.2 Å². The number of nitrogens with one attached hydrogen (secondary N) is 1. The van der Waals surface area contributed by atoms with Crippen LogP contribution in [0.25, 0.3) is 0 Å². The van der Waals surface area contributed by atoms with Gasteiger partial charge >= 0.3 is 0 Å². The Kier molecular flexibility index (Phi) is 5.35. The van der Waals surface area contributed by atoms with Crippen molar-refractivity contribution in [2.24, 2.45) is 0 Å². The van der Waals surface area contributed by atoms with E-state index in [1.807, 2.05) is 13.1 Å². The zero-order valence-electron chi connectivity index (χ0n) is 16.4. The summed E-state index contributed by atoms with van der Waals surface area (Å²) >= 11 is 0. The van der Waals surface area contributed by atoms with Gasteiger partial charge in [0.25, 0.3) is 0 Å². The highest BCUT2D eigenvalue weighted by Crippen LogP contribution is 2.35. The van der Waals surface area contributed by atoms with Gasteiger partial charge in [-0.3, -0.25) is 0 Å². The minimum Gasteiger partial charge on any atom is -0.373 e. The Hall–Kier alpha value is -2.03. The van der Waals surface area contributed by atoms with Crippen molar-refractivity contribution in [3.05, 3.63) is 47.4 Å². The van der Waals surface area contributed by atoms with E-state index < -0.39 is 10.0 Å². The predicted octanol–water partition coefficient (Wildman–Crippen LogP) is 2.42. The van der Waals surface area contributed by atoms with Gasteiger partial charge in [-0.15, -0.1) is 0 Å². The van der Waals surface area contributed by atoms with Crippen LogP contribution in [0.4, 0.5) is 5.82 Å². The van der Waals surface area contributed by atoms with Crippen LogP contribution in [0, 0.1) is 0 Å². The Bertz CT molecular complexity index is 931. The molecule has 2 aromatic rings. The van der Waals surface area contributed by atoms with Crippen molar-refractivity contribution in [1.29, 1.82) is 0 Å². The van der Waals surface area contributed by atoms with Crippen LogP contribution in [-0.2, 0) is 23.0 Å². The number of aromatic nitrogens is 2. The molecule has 28 heavy (non-hydrogen) atoms. The smallest absolute Gasteiger partial charge is 0.243 e. The molecule has 1 aromatic carbocycles. The van der Waals surface area contributed by atoms with Gasteiger partial charge in [-0.25, -0.2) is 18.4 Å². The number of hydrogen-bond donors (Lipinski definition) is 1. The lowest BCUT2D eigenvalue weighted by Gasteiger charge is -2.35. The molecule has 4 rings (SSSR count). The molecular weight excluding hydrogens is 374 g/mol. The standard InChI is InChI=1S/C20H27N5O2S/c1-21-19-16-14-24(2)13-11-17(16)22-20(23-19)18-10-6-7-12-25(18)28(26,27)15-8-4-3-5-9-15/h3-5,8-9,18H,6-7,10-14H2,1-2H3,(H,21,22,23)/t18-/m0/s1. The first-order chi connectivity index (χ1) is 13.5. The Morgan fingerprint density at radius 2 is 1.89 bits per heavy atom. The van der Waals surface area contributed by atoms with Crippen molar-refractivity contribution >= 4 is 15.8 Å². The van der Waals surface area contributed by atoms with Crippen molar-refractivity contribution < 1.29 is 8.42 Å². The van der Waals surface area contributed by atoms with Crippen LogP contribution in [-0.4, -0.2) is 54.8 Å². The maximum atomic E-state index is 13.3. The second kappa shape index (κ2) is 7.77. The summed E-state index contributed by atoms with van der Waals surface area (Å²) in [5, 5.41) is 3.19. The normalized spacial score (nSPS) is 21.3. The van der Waals surface area contributed by atoms with Crippen molar-refractivity contribution in [2.75, 3.05) is 32.5 Å². The van der Waals surface area contributed by atoms with Crippen LogP contribution < -0.4 is 5.32 Å². The number of nitrogens with zero attached hydrogens (tertiary/aromatic N) is 4. The zero-order valence-corrected chi connectivity index (χ0v) is 17.2. The van der Waals surface area contributed by atoms with Gasteiger partial charge in [-0.2, -0.15) is 4.31 Å². The first kappa shape index (κ1) is 19.3. The summed E-state index contributed by atoms with van der Waals surface area (Å²) in [5.41, 5.74) is 2.16. The summed E-state index contributed by atoms with van der Waals surface area (Å²) < 4.78 is 28.2. The highest BCUT2D eigenvalue weighted by atomic mass is 32.2. The first-order valence-electron chi connectivity index (χ1n) is 9.83. The fourth-order valence-electron chi connectivity index (χ4n) is 4.10. The van der Waals surface area contributed by atoms with E-state index in [0.29, 0.717) is 17.3 Å². The molecule has 150 valence electrons. The molecule has 0 radical (unpaired) electrons. The molecule has 0 amide bonds. The van der Waals surface area contributed by atoms with E-state index in [1.54, 1.807) is 28.6 Å². The zero-order chi connectivity index (χ0) is 19.7. The van der Waals surface area contributed by atoms with Crippen molar-refractivity contribution in [3.63, 3.8) is 0 Å². The number of rotatable bonds is 4. The van der Waals surface area contributed by atoms with Gasteiger partial charge in [0, 0.05) is 38.7 Å². The number of hydrogen-bond acceptors (Lipinski definition) is 6. The molecule has 3 heterocycles. The van der Waals surface area contributed by atoms with Gasteiger partial charge in [0.05, 0.1) is 16.6 Å². The van der Waals surface area contributed by atoms with Crippen LogP contribution >= 0.6 is 0 Å². The summed E-state index contributed by atoms with van der Waals surface area (Å²) in [7, 11) is 0.366. The molecule has 2 aliphatic heterocycles. The maximum absolute atomic E-state index is 13.3. The van der Waals surface area contributed by atoms with Crippen molar-refractivity contribution in [1.82, 2.24) is 19.2 Å². The first-order valence-corrected chi connectivity index (χ1v) is 11.3. The molecular formula is C20H27N5O2S. The molecule has 1 N–H and O–H groups in total. The van der Waals surface area contributed by atoms with E-state index in [1.165, 1.54) is 0 Å². The maximum Gasteiger partial charge on any atom is 0.243 e. The highest BCUT2D eigenvalue weighted by Gasteiger charge is 2.37. The van der Waals surface area contributed by atoms with Crippen LogP contribution in [0.3, 0.4) is 0 Å². The van der Waals surface area contributed by atoms with Crippen LogP contribution in [0.2, 0.25) is 0 Å². The Labute approximate surface area is 166 Å². The van der Waals surface area contributed by atoms with E-state index >= 15 is 0 Å². The van der Waals surface area contributed by atoms with Gasteiger partial charge in [0.1, 0.15) is 11.6 Å². The fourth-order valence-corrected chi connectivity index (χ4v) is 5.78. The average Bonchev–Trinajstić information content (AvgIpc) is 2.73. The van der Waals surface area contributed by atoms with Crippen molar-refractivity contribution in [2.45, 2.75) is 43.2 Å². The van der Waals surface area contributed by atoms with Crippen LogP contribution in [0.1, 0.15) is 42.4 Å². The van der Waals surface area contributed by atoms with E-state index in [2.05, 4.69) is 17.3 Å². The largest absolute Gasteiger partial charge is 0.373 e. The Morgan fingerprint density at radius 3 is 2.64 bits per heavy atom. The quantitative estimate of drug-likeness (QED) is 0.848. The molecule has 8 heteroatoms. The van der Waals surface area contributed by atoms with E-state index in [0.717, 1.165) is 55.8 Å². The Balaban J connectivity index is 1.75. The number of fused-ring (bicyclic) bond motifs is 1. The topological polar surface area (TPSA) is 78.4 Å². The second-order valence-electron chi connectivity index (χ2n) is 7.53. The molecule has 0 aliphatic carbocycles. The van der Waals surface area contributed by atoms with Gasteiger partial charge in [-0.1, -0.05) is 24.6 Å². The minimum atomic E-state index is -3.58. The lowest BCUT2D eigenvalue weighted by atomic mass is 10.0. The number of sulfonamides is 1. The van der Waals surface area contributed by atoms with E-state index in [9.17, 15) is 8.42 Å². The molecule has 0 spiro atoms. The lowest BCUT2D eigenvalue weighted by molar-refractivity contribution is 0.244. The predicted molar refractivity (Wildman–Crippen MR) is 109 cm³/mol. The second-order valence-corrected chi connectivity index (χ2v) is 9.42. The van der Waals surface area contributed by atoms with Gasteiger partial charge in [-0.05, 0) is 32.0 Å². The lowest BCUT2D eigenvalue weighted by Crippen LogP contribution is -2.39. The number of piperidine rings is 1. The summed E-state index contributed by atoms with van der Waals surface area (Å²) in [6.07, 6.45) is 3.43. The third-order valence-electron chi connectivity index (χ3n) is 5.61. The molecule has 0 saturated carbocycles. The highest BCUT2D eigenvalue weighted by molar-refractivity contribution is 7.89. The molecule has 1 fully saturated rings. The number of likely N-dealkylation sites (N-methyl/N-ethyl adjacent to an activating group) is 1. The van der Waals surface area contributed by atoms with Crippen molar-refractivity contribution in [3.8, 4) is 0 Å². The Morgan fingerprint density at radius 1 is 1.11 bits per heavy atom. The summed E-state index contributed by atoms with van der Waals surface area (Å²) in [6.45, 7) is 2.26. The van der Waals surface area contributed by atoms with E-state index in [-0.39, 0.29) is 6.04 Å². The summed E-state index contributed by atoms with van der Waals surface area (Å²) in [5.74, 6) is 1.43. The molecule has 1 aromatic heterocycles. The summed E-state index contributed by atoms with van der Waals surface area (Å²) in [6, 6.07) is 8.34. The van der Waals surface area contributed by atoms with Gasteiger partial charge in [0.2, 0.25) is 10.0 Å². The number of benzene rings is 1. The van der Waals surface area contributed by atoms with Crippen LogP contribution in [0.5, 0.6) is 0 Å². The van der Waals surface area contributed by atoms with Gasteiger partial charge < -0.3 is 10.2 Å². The molecule has 1 saturated heterocycles. The summed E-state index contributed by atoms with van der Waals surface area (Å²) in [4.78, 5) is 12.2. The molecule has 2 aliphatic rings. The van der Waals surface area contributed by atoms with E-state index in [4.69, 9.17) is 9.97 Å². The monoisotopic (exact) mass is 401 g/mol. The minimum absolute atomic E-state index is 0.323. The molecule has 0 unspecified atom stereocenters. The molecule has 0 bridgehead atoms. The van der Waals surface area contributed by atoms with Gasteiger partial charge in [0.15, 0.2) is 0 Å². The third kappa shape index (κ3) is 3.52. The fraction of sp³-hybridized carbons (Fsp3) is 0.500.